The Morgan fingerprint density at radius 1 is 1.11 bits per heavy atom. The van der Waals surface area contributed by atoms with E-state index in [1.54, 1.807) is 24.3 Å². The maximum Gasteiger partial charge on any atom is 0.397 e. The summed E-state index contributed by atoms with van der Waals surface area (Å²) in [5.41, 5.74) is 8.46. The van der Waals surface area contributed by atoms with Crippen molar-refractivity contribution in [2.75, 3.05) is 18.6 Å². The summed E-state index contributed by atoms with van der Waals surface area (Å²) in [6.07, 6.45) is -3.43. The summed E-state index contributed by atoms with van der Waals surface area (Å²) in [6.45, 7) is 1.96. The lowest BCUT2D eigenvalue weighted by atomic mass is 10.1. The number of methoxy groups -OCH3 is 1. The molecule has 0 aromatic heterocycles. The summed E-state index contributed by atoms with van der Waals surface area (Å²) in [4.78, 5) is 11.5. The molecule has 0 saturated heterocycles. The second kappa shape index (κ2) is 9.73. The molecule has 28 heavy (non-hydrogen) atoms. The average molecular weight is 413 g/mol. The standard InChI is InChI=1S/C20H22F3NO3S/c1-3-14-5-4-13(9-19(25)26-2)8-18(14)27-17-7-6-16(24)10-15(17)11-28-12-20(21,22)23/h4-8,10H,3,9,11-12,24H2,1-2H3. The minimum Gasteiger partial charge on any atom is -0.469 e. The minimum absolute atomic E-state index is 0.104. The largest absolute Gasteiger partial charge is 0.469 e. The molecule has 0 aliphatic rings. The van der Waals surface area contributed by atoms with E-state index in [2.05, 4.69) is 4.74 Å². The van der Waals surface area contributed by atoms with Gasteiger partial charge in [-0.05, 0) is 41.8 Å². The Morgan fingerprint density at radius 2 is 1.86 bits per heavy atom. The first-order valence-corrected chi connectivity index (χ1v) is 9.76. The first-order valence-electron chi connectivity index (χ1n) is 8.61. The lowest BCUT2D eigenvalue weighted by molar-refractivity contribution is -0.139. The van der Waals surface area contributed by atoms with Crippen LogP contribution in [0, 0.1) is 0 Å². The molecule has 8 heteroatoms. The number of hydrogen-bond donors (Lipinski definition) is 1. The van der Waals surface area contributed by atoms with Crippen LogP contribution in [0.15, 0.2) is 36.4 Å². The molecule has 2 N–H and O–H groups in total. The number of hydrogen-bond acceptors (Lipinski definition) is 5. The highest BCUT2D eigenvalue weighted by Crippen LogP contribution is 2.34. The second-order valence-electron chi connectivity index (χ2n) is 6.13. The molecule has 0 amide bonds. The van der Waals surface area contributed by atoms with Crippen LogP contribution in [0.25, 0.3) is 0 Å². The first kappa shape index (κ1) is 21.9. The third-order valence-corrected chi connectivity index (χ3v) is 4.96. The van der Waals surface area contributed by atoms with Crippen molar-refractivity contribution in [2.45, 2.75) is 31.7 Å². The van der Waals surface area contributed by atoms with Crippen LogP contribution in [0.3, 0.4) is 0 Å². The van der Waals surface area contributed by atoms with Gasteiger partial charge in [-0.15, -0.1) is 11.8 Å². The van der Waals surface area contributed by atoms with Crippen molar-refractivity contribution in [3.05, 3.63) is 53.1 Å². The number of thioether (sulfide) groups is 1. The van der Waals surface area contributed by atoms with Gasteiger partial charge in [-0.3, -0.25) is 4.79 Å². The number of nitrogens with two attached hydrogens (primary N) is 1. The normalized spacial score (nSPS) is 11.3. The predicted molar refractivity (Wildman–Crippen MR) is 105 cm³/mol. The van der Waals surface area contributed by atoms with Crippen molar-refractivity contribution in [1.82, 2.24) is 0 Å². The number of aryl methyl sites for hydroxylation is 1. The maximum absolute atomic E-state index is 12.4. The van der Waals surface area contributed by atoms with Crippen LogP contribution in [0.5, 0.6) is 11.5 Å². The van der Waals surface area contributed by atoms with Gasteiger partial charge in [0.1, 0.15) is 11.5 Å². The van der Waals surface area contributed by atoms with Gasteiger partial charge in [-0.25, -0.2) is 0 Å². The third-order valence-electron chi connectivity index (χ3n) is 3.92. The molecule has 0 bridgehead atoms. The summed E-state index contributed by atoms with van der Waals surface area (Å²) in [5.74, 6) is -0.212. The number of ether oxygens (including phenoxy) is 2. The zero-order valence-corrected chi connectivity index (χ0v) is 16.5. The third kappa shape index (κ3) is 6.67. The van der Waals surface area contributed by atoms with E-state index in [1.165, 1.54) is 7.11 Å². The van der Waals surface area contributed by atoms with Gasteiger partial charge < -0.3 is 15.2 Å². The van der Waals surface area contributed by atoms with Crippen LogP contribution in [0.1, 0.15) is 23.6 Å². The summed E-state index contributed by atoms with van der Waals surface area (Å²) >= 11 is 0.749. The monoisotopic (exact) mass is 413 g/mol. The molecule has 2 rings (SSSR count). The van der Waals surface area contributed by atoms with Gasteiger partial charge in [0, 0.05) is 17.0 Å². The highest BCUT2D eigenvalue weighted by molar-refractivity contribution is 7.98. The number of carbonyl (C=O) groups is 1. The Kier molecular flexibility index (Phi) is 7.62. The van der Waals surface area contributed by atoms with E-state index in [0.717, 1.165) is 22.9 Å². The van der Waals surface area contributed by atoms with E-state index in [9.17, 15) is 18.0 Å². The summed E-state index contributed by atoms with van der Waals surface area (Å²) in [6, 6.07) is 10.3. The van der Waals surface area contributed by atoms with Crippen LogP contribution in [-0.4, -0.2) is 25.0 Å². The highest BCUT2D eigenvalue weighted by Gasteiger charge is 2.27. The van der Waals surface area contributed by atoms with Crippen LogP contribution < -0.4 is 10.5 Å². The fraction of sp³-hybridized carbons (Fsp3) is 0.350. The number of esters is 1. The molecule has 0 aliphatic carbocycles. The Morgan fingerprint density at radius 3 is 2.50 bits per heavy atom. The molecule has 2 aromatic carbocycles. The van der Waals surface area contributed by atoms with E-state index in [0.29, 0.717) is 29.2 Å². The van der Waals surface area contributed by atoms with Crippen LogP contribution in [0.2, 0.25) is 0 Å². The molecular formula is C20H22F3NO3S. The Balaban J connectivity index is 2.26. The van der Waals surface area contributed by atoms with Gasteiger partial charge in [0.25, 0.3) is 0 Å². The van der Waals surface area contributed by atoms with E-state index < -0.39 is 11.9 Å². The zero-order chi connectivity index (χ0) is 20.7. The quantitative estimate of drug-likeness (QED) is 0.480. The van der Waals surface area contributed by atoms with Gasteiger partial charge in [0.2, 0.25) is 0 Å². The number of alkyl halides is 3. The molecule has 0 unspecified atom stereocenters. The lowest BCUT2D eigenvalue weighted by Crippen LogP contribution is -2.11. The van der Waals surface area contributed by atoms with E-state index >= 15 is 0 Å². The molecule has 0 saturated carbocycles. The predicted octanol–water partition coefficient (Wildman–Crippen LogP) is 5.13. The SMILES string of the molecule is CCc1ccc(CC(=O)OC)cc1Oc1ccc(N)cc1CSCC(F)(F)F. The number of carbonyl (C=O) groups excluding carboxylic acids is 1. The van der Waals surface area contributed by atoms with Crippen LogP contribution >= 0.6 is 11.8 Å². The number of nitrogen functional groups attached to an aromatic ring is 1. The molecule has 0 radical (unpaired) electrons. The fourth-order valence-corrected chi connectivity index (χ4v) is 3.32. The van der Waals surface area contributed by atoms with Gasteiger partial charge in [0.15, 0.2) is 0 Å². The second-order valence-corrected chi connectivity index (χ2v) is 7.11. The highest BCUT2D eigenvalue weighted by atomic mass is 32.2. The Labute approximate surface area is 166 Å². The van der Waals surface area contributed by atoms with Crippen LogP contribution in [-0.2, 0) is 28.1 Å². The van der Waals surface area contributed by atoms with Crippen molar-refractivity contribution < 1.29 is 27.4 Å². The molecule has 0 aliphatic heterocycles. The number of halogens is 3. The van der Waals surface area contributed by atoms with E-state index in [4.69, 9.17) is 10.5 Å². The summed E-state index contributed by atoms with van der Waals surface area (Å²) in [5, 5.41) is 0. The molecule has 0 heterocycles. The molecular weight excluding hydrogens is 391 g/mol. The van der Waals surface area contributed by atoms with E-state index in [1.807, 2.05) is 19.1 Å². The first-order chi connectivity index (χ1) is 13.2. The lowest BCUT2D eigenvalue weighted by Gasteiger charge is -2.16. The van der Waals surface area contributed by atoms with Gasteiger partial charge >= 0.3 is 12.1 Å². The van der Waals surface area contributed by atoms with Gasteiger partial charge in [-0.1, -0.05) is 19.1 Å². The average Bonchev–Trinajstić information content (AvgIpc) is 2.63. The smallest absolute Gasteiger partial charge is 0.397 e. The van der Waals surface area contributed by atoms with E-state index in [-0.39, 0.29) is 18.1 Å². The van der Waals surface area contributed by atoms with Crippen molar-refractivity contribution >= 4 is 23.4 Å². The molecule has 2 aromatic rings. The van der Waals surface area contributed by atoms with Crippen molar-refractivity contribution in [3.63, 3.8) is 0 Å². The Bertz CT molecular complexity index is 825. The molecule has 4 nitrogen and oxygen atoms in total. The Hall–Kier alpha value is -2.35. The molecule has 0 spiro atoms. The minimum atomic E-state index is -4.23. The molecule has 152 valence electrons. The van der Waals surface area contributed by atoms with Gasteiger partial charge in [0.05, 0.1) is 19.3 Å². The summed E-state index contributed by atoms with van der Waals surface area (Å²) < 4.78 is 48.0. The number of rotatable bonds is 8. The van der Waals surface area contributed by atoms with Crippen LogP contribution in [0.4, 0.5) is 18.9 Å². The van der Waals surface area contributed by atoms with Crippen molar-refractivity contribution in [3.8, 4) is 11.5 Å². The van der Waals surface area contributed by atoms with Crippen molar-refractivity contribution in [1.29, 1.82) is 0 Å². The summed E-state index contributed by atoms with van der Waals surface area (Å²) in [7, 11) is 1.32. The maximum atomic E-state index is 12.4. The zero-order valence-electron chi connectivity index (χ0n) is 15.6. The molecule has 0 fully saturated rings. The topological polar surface area (TPSA) is 61.5 Å². The number of anilines is 1. The van der Waals surface area contributed by atoms with Gasteiger partial charge in [-0.2, -0.15) is 13.2 Å². The number of benzene rings is 2. The fourth-order valence-electron chi connectivity index (χ4n) is 2.54. The van der Waals surface area contributed by atoms with Crippen molar-refractivity contribution in [2.24, 2.45) is 0 Å². The molecule has 0 atom stereocenters.